The van der Waals surface area contributed by atoms with E-state index in [9.17, 15) is 20.1 Å². The van der Waals surface area contributed by atoms with E-state index in [2.05, 4.69) is 0 Å². The molecule has 0 aliphatic rings. The molecule has 0 aliphatic heterocycles. The van der Waals surface area contributed by atoms with E-state index in [1.807, 2.05) is 0 Å². The van der Waals surface area contributed by atoms with E-state index in [0.29, 0.717) is 5.56 Å². The Morgan fingerprint density at radius 2 is 1.61 bits per heavy atom. The van der Waals surface area contributed by atoms with Crippen LogP contribution < -0.4 is 4.74 Å². The van der Waals surface area contributed by atoms with E-state index < -0.39 is 5.78 Å². The Morgan fingerprint density at radius 1 is 1.00 bits per heavy atom. The van der Waals surface area contributed by atoms with Crippen LogP contribution in [0, 0.1) is 13.8 Å². The predicted molar refractivity (Wildman–Crippen MR) is 87.3 cm³/mol. The fourth-order valence-electron chi connectivity index (χ4n) is 2.31. The van der Waals surface area contributed by atoms with Gasteiger partial charge in [-0.1, -0.05) is 18.2 Å². The minimum absolute atomic E-state index is 0.00956. The van der Waals surface area contributed by atoms with E-state index in [0.717, 1.165) is 5.56 Å². The predicted octanol–water partition coefficient (Wildman–Crippen LogP) is 3.32. The van der Waals surface area contributed by atoms with Crippen LogP contribution in [0.1, 0.15) is 27.0 Å². The molecule has 5 nitrogen and oxygen atoms in total. The van der Waals surface area contributed by atoms with Gasteiger partial charge in [-0.2, -0.15) is 0 Å². The summed E-state index contributed by atoms with van der Waals surface area (Å²) in [5, 5.41) is 29.4. The Labute approximate surface area is 134 Å². The zero-order valence-electron chi connectivity index (χ0n) is 13.1. The first-order valence-corrected chi connectivity index (χ1v) is 6.97. The van der Waals surface area contributed by atoms with E-state index in [-0.39, 0.29) is 34.1 Å². The van der Waals surface area contributed by atoms with Crippen molar-refractivity contribution in [3.8, 4) is 23.0 Å². The van der Waals surface area contributed by atoms with Crippen molar-refractivity contribution in [3.05, 3.63) is 52.6 Å². The SMILES string of the molecule is COc1c(C)c(O)c(C)c(O)c1C(=O)/C=C/c1ccc(O)cc1. The number of phenols is 3. The average Bonchev–Trinajstić information content (AvgIpc) is 2.55. The van der Waals surface area contributed by atoms with Gasteiger partial charge in [-0.25, -0.2) is 0 Å². The van der Waals surface area contributed by atoms with Crippen molar-refractivity contribution in [1.82, 2.24) is 0 Å². The van der Waals surface area contributed by atoms with Crippen LogP contribution in [0.3, 0.4) is 0 Å². The number of carbonyl (C=O) groups excluding carboxylic acids is 1. The zero-order chi connectivity index (χ0) is 17.1. The maximum atomic E-state index is 12.4. The van der Waals surface area contributed by atoms with Crippen molar-refractivity contribution in [1.29, 1.82) is 0 Å². The van der Waals surface area contributed by atoms with Crippen LogP contribution in [0.15, 0.2) is 30.3 Å². The largest absolute Gasteiger partial charge is 0.508 e. The molecule has 0 spiro atoms. The lowest BCUT2D eigenvalue weighted by Gasteiger charge is -2.15. The molecule has 0 radical (unpaired) electrons. The molecule has 0 aromatic heterocycles. The number of methoxy groups -OCH3 is 1. The molecule has 0 heterocycles. The lowest BCUT2D eigenvalue weighted by Crippen LogP contribution is -2.03. The van der Waals surface area contributed by atoms with E-state index >= 15 is 0 Å². The first kappa shape index (κ1) is 16.4. The van der Waals surface area contributed by atoms with Crippen molar-refractivity contribution in [2.45, 2.75) is 13.8 Å². The van der Waals surface area contributed by atoms with Crippen LogP contribution in [-0.4, -0.2) is 28.2 Å². The molecule has 5 heteroatoms. The van der Waals surface area contributed by atoms with Gasteiger partial charge < -0.3 is 20.1 Å². The lowest BCUT2D eigenvalue weighted by molar-refractivity contribution is 0.104. The highest BCUT2D eigenvalue weighted by Gasteiger charge is 2.23. The molecule has 0 fully saturated rings. The summed E-state index contributed by atoms with van der Waals surface area (Å²) in [5.41, 5.74) is 1.35. The number of ketones is 1. The Kier molecular flexibility index (Phi) is 4.60. The maximum Gasteiger partial charge on any atom is 0.193 e. The molecule has 2 rings (SSSR count). The standard InChI is InChI=1S/C18H18O5/c1-10-16(21)11(2)18(23-3)15(17(10)22)14(20)9-6-12-4-7-13(19)8-5-12/h4-9,19,21-22H,1-3H3/b9-6+. The average molecular weight is 314 g/mol. The van der Waals surface area contributed by atoms with Crippen molar-refractivity contribution >= 4 is 11.9 Å². The maximum absolute atomic E-state index is 12.4. The summed E-state index contributed by atoms with van der Waals surface area (Å²) in [6, 6.07) is 6.33. The second-order valence-corrected chi connectivity index (χ2v) is 5.14. The number of aromatic hydroxyl groups is 3. The zero-order valence-corrected chi connectivity index (χ0v) is 13.1. The molecular weight excluding hydrogens is 296 g/mol. The van der Waals surface area contributed by atoms with Crippen molar-refractivity contribution in [3.63, 3.8) is 0 Å². The van der Waals surface area contributed by atoms with Crippen molar-refractivity contribution in [2.24, 2.45) is 0 Å². The Bertz CT molecular complexity index is 773. The minimum atomic E-state index is -0.446. The molecular formula is C18H18O5. The Balaban J connectivity index is 2.45. The Hall–Kier alpha value is -2.95. The highest BCUT2D eigenvalue weighted by Crippen LogP contribution is 2.41. The topological polar surface area (TPSA) is 87.0 Å². The fraction of sp³-hybridized carbons (Fsp3) is 0.167. The summed E-state index contributed by atoms with van der Waals surface area (Å²) in [6.45, 7) is 3.14. The molecule has 0 aliphatic carbocycles. The summed E-state index contributed by atoms with van der Waals surface area (Å²) in [4.78, 5) is 12.4. The van der Waals surface area contributed by atoms with Gasteiger partial charge in [0.2, 0.25) is 0 Å². The molecule has 3 N–H and O–H groups in total. The molecule has 2 aromatic rings. The highest BCUT2D eigenvalue weighted by atomic mass is 16.5. The van der Waals surface area contributed by atoms with Gasteiger partial charge in [0, 0.05) is 11.1 Å². The van der Waals surface area contributed by atoms with Crippen LogP contribution in [0.2, 0.25) is 0 Å². The molecule has 2 aromatic carbocycles. The smallest absolute Gasteiger partial charge is 0.193 e. The third kappa shape index (κ3) is 3.13. The summed E-state index contributed by atoms with van der Waals surface area (Å²) in [6.07, 6.45) is 2.87. The van der Waals surface area contributed by atoms with Crippen LogP contribution >= 0.6 is 0 Å². The minimum Gasteiger partial charge on any atom is -0.508 e. The number of carbonyl (C=O) groups is 1. The van der Waals surface area contributed by atoms with Crippen LogP contribution in [0.4, 0.5) is 0 Å². The first-order chi connectivity index (χ1) is 10.9. The number of benzene rings is 2. The number of rotatable bonds is 4. The van der Waals surface area contributed by atoms with Gasteiger partial charge in [0.25, 0.3) is 0 Å². The number of ether oxygens (including phenoxy) is 1. The van der Waals surface area contributed by atoms with Gasteiger partial charge >= 0.3 is 0 Å². The van der Waals surface area contributed by atoms with Gasteiger partial charge in [-0.3, -0.25) is 4.79 Å². The van der Waals surface area contributed by atoms with Gasteiger partial charge in [0.05, 0.1) is 7.11 Å². The quantitative estimate of drug-likeness (QED) is 0.595. The van der Waals surface area contributed by atoms with Gasteiger partial charge in [0.15, 0.2) is 5.78 Å². The number of hydrogen-bond acceptors (Lipinski definition) is 5. The van der Waals surface area contributed by atoms with Crippen LogP contribution in [0.25, 0.3) is 6.08 Å². The summed E-state index contributed by atoms with van der Waals surface area (Å²) < 4.78 is 5.17. The normalized spacial score (nSPS) is 10.9. The van der Waals surface area contributed by atoms with Crippen molar-refractivity contribution in [2.75, 3.05) is 7.11 Å². The van der Waals surface area contributed by atoms with Crippen LogP contribution in [0.5, 0.6) is 23.0 Å². The van der Waals surface area contributed by atoms with Crippen LogP contribution in [-0.2, 0) is 0 Å². The second kappa shape index (κ2) is 6.44. The first-order valence-electron chi connectivity index (χ1n) is 6.97. The lowest BCUT2D eigenvalue weighted by atomic mass is 9.98. The number of hydrogen-bond donors (Lipinski definition) is 3. The van der Waals surface area contributed by atoms with Gasteiger partial charge in [0.1, 0.15) is 28.6 Å². The molecule has 0 unspecified atom stereocenters. The monoisotopic (exact) mass is 314 g/mol. The summed E-state index contributed by atoms with van der Waals surface area (Å²) in [7, 11) is 1.37. The van der Waals surface area contributed by atoms with Gasteiger partial charge in [-0.05, 0) is 37.6 Å². The second-order valence-electron chi connectivity index (χ2n) is 5.14. The third-order valence-electron chi connectivity index (χ3n) is 3.64. The molecule has 0 saturated heterocycles. The summed E-state index contributed by atoms with van der Waals surface area (Å²) >= 11 is 0. The fourth-order valence-corrected chi connectivity index (χ4v) is 2.31. The third-order valence-corrected chi connectivity index (χ3v) is 3.64. The molecule has 0 amide bonds. The van der Waals surface area contributed by atoms with Crippen molar-refractivity contribution < 1.29 is 24.9 Å². The highest BCUT2D eigenvalue weighted by molar-refractivity contribution is 6.11. The molecule has 120 valence electrons. The molecule has 0 bridgehead atoms. The van der Waals surface area contributed by atoms with E-state index in [4.69, 9.17) is 4.74 Å². The Morgan fingerprint density at radius 3 is 2.17 bits per heavy atom. The summed E-state index contributed by atoms with van der Waals surface area (Å²) in [5.74, 6) is -0.564. The number of phenolic OH excluding ortho intramolecular Hbond substituents is 3. The number of allylic oxidation sites excluding steroid dienone is 1. The molecule has 0 atom stereocenters. The van der Waals surface area contributed by atoms with E-state index in [1.165, 1.54) is 32.2 Å². The van der Waals surface area contributed by atoms with Gasteiger partial charge in [-0.15, -0.1) is 0 Å². The molecule has 0 saturated carbocycles. The van der Waals surface area contributed by atoms with E-state index in [1.54, 1.807) is 25.1 Å². The molecule has 23 heavy (non-hydrogen) atoms.